The molecule has 5 heterocycles. The summed E-state index contributed by atoms with van der Waals surface area (Å²) >= 11 is 1.82. The number of para-hydroxylation sites is 1. The van der Waals surface area contributed by atoms with Gasteiger partial charge in [-0.1, -0.05) is 68.4 Å². The van der Waals surface area contributed by atoms with Crippen LogP contribution in [-0.4, -0.2) is 14.5 Å². The van der Waals surface area contributed by atoms with E-state index >= 15 is 0 Å². The Kier molecular flexibility index (Phi) is 8.10. The molecule has 0 atom stereocenters. The number of ether oxygens (including phenoxy) is 1. The molecule has 262 valence electrons. The van der Waals surface area contributed by atoms with Crippen molar-refractivity contribution in [1.29, 1.82) is 0 Å². The van der Waals surface area contributed by atoms with Crippen LogP contribution in [0.15, 0.2) is 134 Å². The predicted molar refractivity (Wildman–Crippen MR) is 214 cm³/mol. The molecule has 0 saturated heterocycles. The zero-order valence-electron chi connectivity index (χ0n) is 29.1. The van der Waals surface area contributed by atoms with Crippen LogP contribution in [0.5, 0.6) is 11.5 Å². The maximum absolute atomic E-state index is 6.51. The number of hydrogen-bond donors (Lipinski definition) is 0. The molecular weight excluding hydrogens is 854 g/mol. The van der Waals surface area contributed by atoms with E-state index in [2.05, 4.69) is 145 Å². The van der Waals surface area contributed by atoms with Crippen LogP contribution in [0.1, 0.15) is 26.3 Å². The van der Waals surface area contributed by atoms with E-state index in [0.717, 1.165) is 50.5 Å². The van der Waals surface area contributed by atoms with Gasteiger partial charge in [0, 0.05) is 76.3 Å². The molecule has 0 spiro atoms. The van der Waals surface area contributed by atoms with Crippen LogP contribution in [0, 0.1) is 18.8 Å². The van der Waals surface area contributed by atoms with Gasteiger partial charge in [-0.2, -0.15) is 12.1 Å². The molecule has 0 radical (unpaired) electrons. The van der Waals surface area contributed by atoms with Gasteiger partial charge in [0.2, 0.25) is 0 Å². The first-order chi connectivity index (χ1) is 25.4. The third kappa shape index (κ3) is 5.67. The zero-order chi connectivity index (χ0) is 35.0. The van der Waals surface area contributed by atoms with Gasteiger partial charge in [0.15, 0.2) is 0 Å². The largest absolute Gasteiger partial charge is 0.509 e. The fourth-order valence-corrected chi connectivity index (χ4v) is 8.26. The van der Waals surface area contributed by atoms with Gasteiger partial charge in [-0.05, 0) is 71.0 Å². The Hall–Kier alpha value is -5.49. The molecule has 6 nitrogen and oxygen atoms in total. The number of fused-ring (bicyclic) bond motifs is 7. The molecule has 0 aliphatic carbocycles. The number of hydrogen-bond acceptors (Lipinski definition) is 6. The normalized spacial score (nSPS) is 12.9. The minimum absolute atomic E-state index is 0. The van der Waals surface area contributed by atoms with Crippen molar-refractivity contribution >= 4 is 76.2 Å². The van der Waals surface area contributed by atoms with Crippen molar-refractivity contribution in [2.45, 2.75) is 26.2 Å². The van der Waals surface area contributed by atoms with Crippen molar-refractivity contribution in [1.82, 2.24) is 14.5 Å². The van der Waals surface area contributed by atoms with E-state index in [1.165, 1.54) is 25.7 Å². The molecule has 0 bridgehead atoms. The second-order valence-corrected chi connectivity index (χ2v) is 15.2. The smallest absolute Gasteiger partial charge is 0.135 e. The van der Waals surface area contributed by atoms with E-state index in [0.29, 0.717) is 11.5 Å². The van der Waals surface area contributed by atoms with Crippen LogP contribution < -0.4 is 14.5 Å². The fraction of sp³-hybridized carbons (Fsp3) is 0.0889. The molecule has 0 fully saturated rings. The Labute approximate surface area is 326 Å². The molecule has 5 aromatic carbocycles. The van der Waals surface area contributed by atoms with Gasteiger partial charge >= 0.3 is 0 Å². The fourth-order valence-electron chi connectivity index (χ4n) is 7.17. The van der Waals surface area contributed by atoms with Crippen LogP contribution in [-0.2, 0) is 26.5 Å². The average Bonchev–Trinajstić information content (AvgIpc) is 3.84. The van der Waals surface area contributed by atoms with Gasteiger partial charge in [0.25, 0.3) is 0 Å². The van der Waals surface area contributed by atoms with Crippen molar-refractivity contribution < 1.29 is 25.8 Å². The van der Waals surface area contributed by atoms with Gasteiger partial charge in [0.05, 0.1) is 5.69 Å². The molecule has 1 aliphatic heterocycles. The summed E-state index contributed by atoms with van der Waals surface area (Å²) in [6.07, 6.45) is 3.72. The predicted octanol–water partition coefficient (Wildman–Crippen LogP) is 12.0. The van der Waals surface area contributed by atoms with Crippen molar-refractivity contribution in [2.75, 3.05) is 9.80 Å². The summed E-state index contributed by atoms with van der Waals surface area (Å²) in [6, 6.07) is 49.1. The Morgan fingerprint density at radius 3 is 2.36 bits per heavy atom. The van der Waals surface area contributed by atoms with Gasteiger partial charge < -0.3 is 19.1 Å². The summed E-state index contributed by atoms with van der Waals surface area (Å²) in [5.74, 6) is 2.86. The number of benzene rings is 5. The summed E-state index contributed by atoms with van der Waals surface area (Å²) in [6.45, 7) is 8.74. The molecule has 9 aromatic rings. The third-order valence-corrected chi connectivity index (χ3v) is 10.9. The minimum atomic E-state index is -0.0123. The third-order valence-electron chi connectivity index (χ3n) is 9.75. The molecule has 0 N–H and O–H groups in total. The number of nitrogens with zero attached hydrogens (tertiary/aromatic N) is 5. The van der Waals surface area contributed by atoms with Crippen molar-refractivity contribution in [3.05, 3.63) is 158 Å². The molecule has 53 heavy (non-hydrogen) atoms. The topological polar surface area (TPSA) is 46.4 Å². The van der Waals surface area contributed by atoms with Crippen LogP contribution in [0.4, 0.5) is 22.9 Å². The quantitative estimate of drug-likeness (QED) is 0.161. The average molecular weight is 886 g/mol. The first kappa shape index (κ1) is 33.4. The molecule has 0 saturated carbocycles. The van der Waals surface area contributed by atoms with Crippen LogP contribution in [0.2, 0.25) is 0 Å². The SMILES string of the molecule is CC(C)(C)c1ccnc(-n2c3[c-]c(Oc4[c-]c(N5[CH-]N(c6ccc7sc8ccccc8c7c6)c6cccnc65)ccc4)ccc3c3ccccc32)c1.[Pt]. The molecule has 8 heteroatoms. The molecular formula is C45H32N5OPtS-3. The number of pyridine rings is 2. The molecule has 0 amide bonds. The van der Waals surface area contributed by atoms with Crippen molar-refractivity contribution in [2.24, 2.45) is 0 Å². The summed E-state index contributed by atoms with van der Waals surface area (Å²) in [5, 5.41) is 4.76. The van der Waals surface area contributed by atoms with Gasteiger partial charge in [-0.3, -0.25) is 0 Å². The Morgan fingerprint density at radius 1 is 0.660 bits per heavy atom. The van der Waals surface area contributed by atoms with Crippen molar-refractivity contribution in [3.63, 3.8) is 0 Å². The van der Waals surface area contributed by atoms with E-state index in [9.17, 15) is 0 Å². The molecule has 0 unspecified atom stereocenters. The maximum atomic E-state index is 6.51. The van der Waals surface area contributed by atoms with Crippen LogP contribution >= 0.6 is 11.3 Å². The molecule has 10 rings (SSSR count). The van der Waals surface area contributed by atoms with E-state index < -0.39 is 0 Å². The summed E-state index contributed by atoms with van der Waals surface area (Å²) in [4.78, 5) is 13.9. The molecule has 1 aliphatic rings. The standard InChI is InChI=1S/C45H32N5OS.Pt/c1-45(2,3)29-21-23-46-43(24-29)50-38-14-6-4-12-34(38)35-19-18-33(27-40(35)50)51-32-11-8-10-30(25-32)49-28-48(39-15-9-22-47-44(39)49)31-17-20-42-37(26-31)36-13-5-7-16-41(36)52-42;/h4-24,26,28H,1-3H3;/q-3;. The van der Waals surface area contributed by atoms with Crippen LogP contribution in [0.3, 0.4) is 0 Å². The number of aromatic nitrogens is 3. The second kappa shape index (κ2) is 12.9. The van der Waals surface area contributed by atoms with E-state index in [4.69, 9.17) is 14.7 Å². The minimum Gasteiger partial charge on any atom is -0.509 e. The summed E-state index contributed by atoms with van der Waals surface area (Å²) in [7, 11) is 0. The van der Waals surface area contributed by atoms with Gasteiger partial charge in [-0.15, -0.1) is 53.7 Å². The second-order valence-electron chi connectivity index (χ2n) is 14.1. The number of anilines is 4. The van der Waals surface area contributed by atoms with Gasteiger partial charge in [0.1, 0.15) is 11.6 Å². The van der Waals surface area contributed by atoms with Gasteiger partial charge in [-0.25, -0.2) is 9.97 Å². The van der Waals surface area contributed by atoms with Crippen molar-refractivity contribution in [3.8, 4) is 17.3 Å². The maximum Gasteiger partial charge on any atom is 0.135 e. The van der Waals surface area contributed by atoms with E-state index in [-0.39, 0.29) is 26.5 Å². The summed E-state index contributed by atoms with van der Waals surface area (Å²) in [5.41, 5.74) is 6.08. The monoisotopic (exact) mass is 885 g/mol. The first-order valence-electron chi connectivity index (χ1n) is 17.3. The van der Waals surface area contributed by atoms with E-state index in [1.807, 2.05) is 54.1 Å². The Bertz CT molecular complexity index is 2840. The zero-order valence-corrected chi connectivity index (χ0v) is 32.2. The number of thiophene rings is 1. The Morgan fingerprint density at radius 2 is 1.47 bits per heavy atom. The van der Waals surface area contributed by atoms with Crippen LogP contribution in [0.25, 0.3) is 47.8 Å². The molecule has 4 aromatic heterocycles. The Balaban J connectivity index is 0.00000372. The first-order valence-corrected chi connectivity index (χ1v) is 18.1. The summed E-state index contributed by atoms with van der Waals surface area (Å²) < 4.78 is 11.3. The van der Waals surface area contributed by atoms with E-state index in [1.54, 1.807) is 0 Å². The number of rotatable bonds is 5.